The zero-order valence-corrected chi connectivity index (χ0v) is 12.8. The summed E-state index contributed by atoms with van der Waals surface area (Å²) in [5, 5.41) is 3.03. The highest BCUT2D eigenvalue weighted by molar-refractivity contribution is 5.76. The summed E-state index contributed by atoms with van der Waals surface area (Å²) in [5.41, 5.74) is 6.70. The first-order valence-corrected chi connectivity index (χ1v) is 7.44. The fraction of sp³-hybridized carbons (Fsp3) is 0.625. The van der Waals surface area contributed by atoms with E-state index < -0.39 is 0 Å². The first-order valence-electron chi connectivity index (χ1n) is 7.44. The second-order valence-corrected chi connectivity index (χ2v) is 5.69. The average molecular weight is 277 g/mol. The smallest absolute Gasteiger partial charge is 0.220 e. The molecule has 3 N–H and O–H groups in total. The van der Waals surface area contributed by atoms with Crippen LogP contribution in [0, 0.1) is 11.8 Å². The first-order chi connectivity index (χ1) is 9.54. The lowest BCUT2D eigenvalue weighted by atomic mass is 9.88. The Hall–Kier alpha value is -1.42. The summed E-state index contributed by atoms with van der Waals surface area (Å²) >= 11 is 0. The minimum Gasteiger partial charge on any atom is -0.350 e. The Morgan fingerprint density at radius 1 is 1.25 bits per heavy atom. The van der Waals surface area contributed by atoms with Gasteiger partial charge >= 0.3 is 0 Å². The van der Waals surface area contributed by atoms with E-state index in [0.717, 1.165) is 18.4 Å². The average Bonchev–Trinajstić information content (AvgIpc) is 2.44. The number of rotatable bonds is 8. The van der Waals surface area contributed by atoms with E-state index in [0.29, 0.717) is 24.8 Å². The maximum atomic E-state index is 12.0. The number of amides is 1. The number of nitrogens with one attached hydrogen (secondary N) is 1. The fourth-order valence-corrected chi connectivity index (χ4v) is 2.39. The van der Waals surface area contributed by atoms with Crippen molar-refractivity contribution in [3.05, 3.63) is 30.1 Å². The Morgan fingerprint density at radius 2 is 1.90 bits per heavy atom. The summed E-state index contributed by atoms with van der Waals surface area (Å²) < 4.78 is 0. The van der Waals surface area contributed by atoms with E-state index >= 15 is 0 Å². The molecule has 1 amide bonds. The Bertz CT molecular complexity index is 392. The largest absolute Gasteiger partial charge is 0.350 e. The minimum absolute atomic E-state index is 0.0255. The van der Waals surface area contributed by atoms with Crippen LogP contribution >= 0.6 is 0 Å². The molecule has 0 spiro atoms. The molecule has 1 aromatic heterocycles. The normalized spacial score (nSPS) is 14.1. The number of pyridine rings is 1. The lowest BCUT2D eigenvalue weighted by Gasteiger charge is -2.20. The quantitative estimate of drug-likeness (QED) is 0.767. The SMILES string of the molecule is CC(NC(=O)CCC(CCN)C(C)C)c1ccncc1. The number of aromatic nitrogens is 1. The second kappa shape index (κ2) is 8.69. The van der Waals surface area contributed by atoms with Crippen LogP contribution in [0.15, 0.2) is 24.5 Å². The van der Waals surface area contributed by atoms with Gasteiger partial charge in [-0.1, -0.05) is 13.8 Å². The molecule has 1 aromatic rings. The van der Waals surface area contributed by atoms with Gasteiger partial charge < -0.3 is 11.1 Å². The molecule has 0 aliphatic carbocycles. The van der Waals surface area contributed by atoms with E-state index in [1.807, 2.05) is 19.1 Å². The van der Waals surface area contributed by atoms with Crippen molar-refractivity contribution < 1.29 is 4.79 Å². The van der Waals surface area contributed by atoms with E-state index in [1.54, 1.807) is 12.4 Å². The molecular weight excluding hydrogens is 250 g/mol. The third-order valence-electron chi connectivity index (χ3n) is 3.81. The van der Waals surface area contributed by atoms with Gasteiger partial charge in [0.1, 0.15) is 0 Å². The molecule has 1 heterocycles. The van der Waals surface area contributed by atoms with E-state index in [4.69, 9.17) is 5.73 Å². The van der Waals surface area contributed by atoms with Crippen LogP contribution in [0.2, 0.25) is 0 Å². The molecule has 2 atom stereocenters. The van der Waals surface area contributed by atoms with Crippen molar-refractivity contribution in [2.45, 2.75) is 46.1 Å². The molecule has 4 heteroatoms. The van der Waals surface area contributed by atoms with Gasteiger partial charge in [-0.2, -0.15) is 0 Å². The predicted molar refractivity (Wildman–Crippen MR) is 82.0 cm³/mol. The second-order valence-electron chi connectivity index (χ2n) is 5.69. The molecule has 1 rings (SSSR count). The summed E-state index contributed by atoms with van der Waals surface area (Å²) in [5.74, 6) is 1.21. The van der Waals surface area contributed by atoms with Crippen LogP contribution in [0.5, 0.6) is 0 Å². The topological polar surface area (TPSA) is 68.0 Å². The molecule has 0 aliphatic heterocycles. The molecule has 0 saturated carbocycles. The summed E-state index contributed by atoms with van der Waals surface area (Å²) in [4.78, 5) is 16.0. The Balaban J connectivity index is 2.39. The Kier molecular flexibility index (Phi) is 7.23. The van der Waals surface area contributed by atoms with Gasteiger partial charge in [-0.15, -0.1) is 0 Å². The number of hydrogen-bond acceptors (Lipinski definition) is 3. The van der Waals surface area contributed by atoms with Gasteiger partial charge in [0.05, 0.1) is 6.04 Å². The number of carbonyl (C=O) groups excluding carboxylic acids is 1. The monoisotopic (exact) mass is 277 g/mol. The third-order valence-corrected chi connectivity index (χ3v) is 3.81. The summed E-state index contributed by atoms with van der Waals surface area (Å²) in [6.07, 6.45) is 5.95. The molecule has 0 fully saturated rings. The number of hydrogen-bond donors (Lipinski definition) is 2. The number of nitrogens with zero attached hydrogens (tertiary/aromatic N) is 1. The lowest BCUT2D eigenvalue weighted by molar-refractivity contribution is -0.122. The van der Waals surface area contributed by atoms with Gasteiger partial charge in [0.25, 0.3) is 0 Å². The molecule has 0 aliphatic rings. The fourth-order valence-electron chi connectivity index (χ4n) is 2.39. The molecule has 0 aromatic carbocycles. The first kappa shape index (κ1) is 16.6. The van der Waals surface area contributed by atoms with Crippen LogP contribution in [0.3, 0.4) is 0 Å². The van der Waals surface area contributed by atoms with Crippen LogP contribution in [0.1, 0.15) is 51.6 Å². The molecule has 20 heavy (non-hydrogen) atoms. The van der Waals surface area contributed by atoms with Crippen molar-refractivity contribution in [3.8, 4) is 0 Å². The van der Waals surface area contributed by atoms with Crippen molar-refractivity contribution >= 4 is 5.91 Å². The van der Waals surface area contributed by atoms with Crippen LogP contribution in [0.4, 0.5) is 0 Å². The molecule has 0 bridgehead atoms. The molecular formula is C16H27N3O. The minimum atomic E-state index is 0.0255. The van der Waals surface area contributed by atoms with Crippen LogP contribution in [-0.2, 0) is 4.79 Å². The highest BCUT2D eigenvalue weighted by atomic mass is 16.1. The number of nitrogens with two attached hydrogens (primary N) is 1. The van der Waals surface area contributed by atoms with Crippen molar-refractivity contribution in [3.63, 3.8) is 0 Å². The molecule has 0 radical (unpaired) electrons. The third kappa shape index (κ3) is 5.70. The zero-order chi connectivity index (χ0) is 15.0. The van der Waals surface area contributed by atoms with Gasteiger partial charge in [-0.25, -0.2) is 0 Å². The lowest BCUT2D eigenvalue weighted by Crippen LogP contribution is -2.27. The maximum Gasteiger partial charge on any atom is 0.220 e. The van der Waals surface area contributed by atoms with Crippen LogP contribution in [-0.4, -0.2) is 17.4 Å². The van der Waals surface area contributed by atoms with E-state index in [9.17, 15) is 4.79 Å². The molecule has 0 saturated heterocycles. The highest BCUT2D eigenvalue weighted by Crippen LogP contribution is 2.20. The van der Waals surface area contributed by atoms with Gasteiger partial charge in [0.15, 0.2) is 0 Å². The van der Waals surface area contributed by atoms with E-state index in [1.165, 1.54) is 0 Å². The Morgan fingerprint density at radius 3 is 2.45 bits per heavy atom. The van der Waals surface area contributed by atoms with Gasteiger partial charge in [-0.3, -0.25) is 9.78 Å². The van der Waals surface area contributed by atoms with E-state index in [-0.39, 0.29) is 11.9 Å². The summed E-state index contributed by atoms with van der Waals surface area (Å²) in [6.45, 7) is 7.07. The van der Waals surface area contributed by atoms with E-state index in [2.05, 4.69) is 24.1 Å². The molecule has 2 unspecified atom stereocenters. The van der Waals surface area contributed by atoms with Crippen LogP contribution in [0.25, 0.3) is 0 Å². The molecule has 112 valence electrons. The Labute approximate surface area is 122 Å². The molecule has 4 nitrogen and oxygen atoms in total. The van der Waals surface area contributed by atoms with Gasteiger partial charge in [0.2, 0.25) is 5.91 Å². The predicted octanol–water partition coefficient (Wildman–Crippen LogP) is 2.66. The van der Waals surface area contributed by atoms with Gasteiger partial charge in [-0.05, 0) is 55.8 Å². The van der Waals surface area contributed by atoms with Crippen LogP contribution < -0.4 is 11.1 Å². The van der Waals surface area contributed by atoms with Crippen molar-refractivity contribution in [1.29, 1.82) is 0 Å². The highest BCUT2D eigenvalue weighted by Gasteiger charge is 2.15. The van der Waals surface area contributed by atoms with Gasteiger partial charge in [0, 0.05) is 18.8 Å². The van der Waals surface area contributed by atoms with Crippen molar-refractivity contribution in [2.24, 2.45) is 17.6 Å². The summed E-state index contributed by atoms with van der Waals surface area (Å²) in [7, 11) is 0. The number of carbonyl (C=O) groups is 1. The van der Waals surface area contributed by atoms with Crippen molar-refractivity contribution in [1.82, 2.24) is 10.3 Å². The maximum absolute atomic E-state index is 12.0. The van der Waals surface area contributed by atoms with Crippen molar-refractivity contribution in [2.75, 3.05) is 6.54 Å². The standard InChI is InChI=1S/C16H27N3O/c1-12(2)14(6-9-17)4-5-16(20)19-13(3)15-7-10-18-11-8-15/h7-8,10-14H,4-6,9,17H2,1-3H3,(H,19,20). The summed E-state index contributed by atoms with van der Waals surface area (Å²) in [6, 6.07) is 3.88. The zero-order valence-electron chi connectivity index (χ0n) is 12.8.